The molecule has 4 heteroatoms. The first-order valence-corrected chi connectivity index (χ1v) is 6.36. The minimum absolute atomic E-state index is 0.315. The van der Waals surface area contributed by atoms with Gasteiger partial charge in [0.25, 0.3) is 0 Å². The summed E-state index contributed by atoms with van der Waals surface area (Å²) in [5.41, 5.74) is 1.17. The monoisotopic (exact) mass is 265 g/mol. The van der Waals surface area contributed by atoms with Crippen molar-refractivity contribution in [3.05, 3.63) is 23.8 Å². The van der Waals surface area contributed by atoms with E-state index in [1.807, 2.05) is 18.2 Å². The van der Waals surface area contributed by atoms with E-state index in [0.29, 0.717) is 11.7 Å². The van der Waals surface area contributed by atoms with Gasteiger partial charge in [-0.2, -0.15) is 0 Å². The molecule has 0 unspecified atom stereocenters. The van der Waals surface area contributed by atoms with E-state index in [-0.39, 0.29) is 5.97 Å². The second-order valence-corrected chi connectivity index (χ2v) is 5.36. The van der Waals surface area contributed by atoms with Gasteiger partial charge in [-0.15, -0.1) is 0 Å². The highest BCUT2D eigenvalue weighted by Gasteiger charge is 2.29. The summed E-state index contributed by atoms with van der Waals surface area (Å²) in [7, 11) is 2.99. The van der Waals surface area contributed by atoms with Gasteiger partial charge in [-0.3, -0.25) is 0 Å². The van der Waals surface area contributed by atoms with Crippen molar-refractivity contribution in [1.29, 1.82) is 0 Å². The van der Waals surface area contributed by atoms with E-state index in [4.69, 9.17) is 9.47 Å². The van der Waals surface area contributed by atoms with Crippen LogP contribution in [0.15, 0.2) is 18.2 Å². The second kappa shape index (κ2) is 5.95. The topological polar surface area (TPSA) is 47.6 Å². The maximum absolute atomic E-state index is 11.7. The summed E-state index contributed by atoms with van der Waals surface area (Å²) < 4.78 is 10.1. The molecule has 1 N–H and O–H groups in total. The van der Waals surface area contributed by atoms with Gasteiger partial charge in [-0.25, -0.2) is 4.79 Å². The zero-order valence-corrected chi connectivity index (χ0v) is 12.5. The predicted molar refractivity (Wildman–Crippen MR) is 76.8 cm³/mol. The fourth-order valence-corrected chi connectivity index (χ4v) is 1.83. The van der Waals surface area contributed by atoms with E-state index in [1.165, 1.54) is 12.7 Å². The van der Waals surface area contributed by atoms with Crippen LogP contribution < -0.4 is 10.1 Å². The van der Waals surface area contributed by atoms with E-state index < -0.39 is 5.54 Å². The first-order chi connectivity index (χ1) is 8.81. The number of carbonyl (C=O) groups is 1. The SMILES string of the molecule is COC(=O)C(C)(C)Nc1cc(C(C)C)ccc1OC. The van der Waals surface area contributed by atoms with Crippen molar-refractivity contribution < 1.29 is 14.3 Å². The molecule has 4 nitrogen and oxygen atoms in total. The van der Waals surface area contributed by atoms with Crippen molar-refractivity contribution in [2.45, 2.75) is 39.2 Å². The average molecular weight is 265 g/mol. The Balaban J connectivity index is 3.10. The Kier molecular flexibility index (Phi) is 4.81. The molecule has 1 rings (SSSR count). The van der Waals surface area contributed by atoms with Crippen molar-refractivity contribution in [2.75, 3.05) is 19.5 Å². The number of hydrogen-bond acceptors (Lipinski definition) is 4. The minimum atomic E-state index is -0.808. The quantitative estimate of drug-likeness (QED) is 0.831. The van der Waals surface area contributed by atoms with E-state index in [0.717, 1.165) is 5.69 Å². The number of benzene rings is 1. The average Bonchev–Trinajstić information content (AvgIpc) is 2.36. The lowest BCUT2D eigenvalue weighted by Crippen LogP contribution is -2.41. The molecule has 1 aromatic carbocycles. The number of ether oxygens (including phenoxy) is 2. The van der Waals surface area contributed by atoms with Crippen molar-refractivity contribution in [1.82, 2.24) is 0 Å². The summed E-state index contributed by atoms with van der Waals surface area (Å²) in [4.78, 5) is 11.7. The van der Waals surface area contributed by atoms with E-state index >= 15 is 0 Å². The Morgan fingerprint density at radius 2 is 1.89 bits per heavy atom. The highest BCUT2D eigenvalue weighted by Crippen LogP contribution is 2.31. The van der Waals surface area contributed by atoms with Crippen LogP contribution in [0.3, 0.4) is 0 Å². The summed E-state index contributed by atoms with van der Waals surface area (Å²) in [6, 6.07) is 5.94. The van der Waals surface area contributed by atoms with Gasteiger partial charge < -0.3 is 14.8 Å². The minimum Gasteiger partial charge on any atom is -0.495 e. The smallest absolute Gasteiger partial charge is 0.330 e. The Bertz CT molecular complexity index is 453. The van der Waals surface area contributed by atoms with Crippen molar-refractivity contribution >= 4 is 11.7 Å². The van der Waals surface area contributed by atoms with Gasteiger partial charge >= 0.3 is 5.97 Å². The number of carbonyl (C=O) groups excluding carboxylic acids is 1. The highest BCUT2D eigenvalue weighted by atomic mass is 16.5. The standard InChI is InChI=1S/C15H23NO3/c1-10(2)11-7-8-13(18-5)12(9-11)16-15(3,4)14(17)19-6/h7-10,16H,1-6H3. The van der Waals surface area contributed by atoms with Crippen LogP contribution in [0.5, 0.6) is 5.75 Å². The number of methoxy groups -OCH3 is 2. The second-order valence-electron chi connectivity index (χ2n) is 5.36. The van der Waals surface area contributed by atoms with Crippen molar-refractivity contribution in [3.8, 4) is 5.75 Å². The van der Waals surface area contributed by atoms with Crippen LogP contribution in [-0.2, 0) is 9.53 Å². The van der Waals surface area contributed by atoms with Gasteiger partial charge in [-0.05, 0) is 37.5 Å². The Labute approximate surface area is 115 Å². The van der Waals surface area contributed by atoms with Gasteiger partial charge in [0.05, 0.1) is 19.9 Å². The largest absolute Gasteiger partial charge is 0.495 e. The highest BCUT2D eigenvalue weighted by molar-refractivity contribution is 5.84. The summed E-state index contributed by atoms with van der Waals surface area (Å²) in [6.07, 6.45) is 0. The molecule has 0 saturated heterocycles. The summed E-state index contributed by atoms with van der Waals surface area (Å²) >= 11 is 0. The number of hydrogen-bond donors (Lipinski definition) is 1. The number of esters is 1. The normalized spacial score (nSPS) is 11.3. The van der Waals surface area contributed by atoms with Gasteiger partial charge in [0.1, 0.15) is 11.3 Å². The molecule has 0 bridgehead atoms. The summed E-state index contributed by atoms with van der Waals surface area (Å²) in [5, 5.41) is 3.18. The number of anilines is 1. The van der Waals surface area contributed by atoms with Crippen LogP contribution >= 0.6 is 0 Å². The molecule has 19 heavy (non-hydrogen) atoms. The first-order valence-electron chi connectivity index (χ1n) is 6.36. The van der Waals surface area contributed by atoms with Crippen LogP contribution in [-0.4, -0.2) is 25.7 Å². The molecule has 0 aliphatic carbocycles. The molecule has 0 heterocycles. The van der Waals surface area contributed by atoms with Crippen molar-refractivity contribution in [3.63, 3.8) is 0 Å². The Morgan fingerprint density at radius 1 is 1.26 bits per heavy atom. The van der Waals surface area contributed by atoms with Gasteiger partial charge in [0.15, 0.2) is 0 Å². The number of rotatable bonds is 5. The third kappa shape index (κ3) is 3.63. The Morgan fingerprint density at radius 3 is 2.37 bits per heavy atom. The fraction of sp³-hybridized carbons (Fsp3) is 0.533. The van der Waals surface area contributed by atoms with Crippen LogP contribution in [0, 0.1) is 0 Å². The molecule has 0 amide bonds. The lowest BCUT2D eigenvalue weighted by atomic mass is 10.0. The fourth-order valence-electron chi connectivity index (χ4n) is 1.83. The van der Waals surface area contributed by atoms with Gasteiger partial charge in [0, 0.05) is 0 Å². The lowest BCUT2D eigenvalue weighted by Gasteiger charge is -2.26. The molecule has 0 fully saturated rings. The zero-order chi connectivity index (χ0) is 14.6. The third-order valence-electron chi connectivity index (χ3n) is 3.03. The third-order valence-corrected chi connectivity index (χ3v) is 3.03. The van der Waals surface area contributed by atoms with Crippen LogP contribution in [0.2, 0.25) is 0 Å². The van der Waals surface area contributed by atoms with Gasteiger partial charge in [-0.1, -0.05) is 19.9 Å². The maximum Gasteiger partial charge on any atom is 0.330 e. The molecule has 106 valence electrons. The molecular weight excluding hydrogens is 242 g/mol. The zero-order valence-electron chi connectivity index (χ0n) is 12.5. The van der Waals surface area contributed by atoms with E-state index in [1.54, 1.807) is 21.0 Å². The lowest BCUT2D eigenvalue weighted by molar-refractivity contribution is -0.144. The molecular formula is C15H23NO3. The van der Waals surface area contributed by atoms with Crippen LogP contribution in [0.1, 0.15) is 39.2 Å². The first kappa shape index (κ1) is 15.3. The molecule has 0 aliphatic heterocycles. The Hall–Kier alpha value is -1.71. The molecule has 1 aromatic rings. The molecule has 0 aliphatic rings. The molecule has 0 atom stereocenters. The van der Waals surface area contributed by atoms with E-state index in [9.17, 15) is 4.79 Å². The van der Waals surface area contributed by atoms with Crippen LogP contribution in [0.4, 0.5) is 5.69 Å². The van der Waals surface area contributed by atoms with Crippen molar-refractivity contribution in [2.24, 2.45) is 0 Å². The molecule has 0 spiro atoms. The van der Waals surface area contributed by atoms with Crippen LogP contribution in [0.25, 0.3) is 0 Å². The van der Waals surface area contributed by atoms with Gasteiger partial charge in [0.2, 0.25) is 0 Å². The van der Waals surface area contributed by atoms with E-state index in [2.05, 4.69) is 19.2 Å². The molecule has 0 aromatic heterocycles. The predicted octanol–water partition coefficient (Wildman–Crippen LogP) is 3.18. The number of nitrogens with one attached hydrogen (secondary N) is 1. The summed E-state index contributed by atoms with van der Waals surface area (Å²) in [5.74, 6) is 0.804. The summed E-state index contributed by atoms with van der Waals surface area (Å²) in [6.45, 7) is 7.80. The maximum atomic E-state index is 11.7. The molecule has 0 saturated carbocycles. The molecule has 0 radical (unpaired) electrons.